The van der Waals surface area contributed by atoms with Crippen LogP contribution in [0.2, 0.25) is 0 Å². The molecule has 2 aromatic rings. The van der Waals surface area contributed by atoms with E-state index in [1.54, 1.807) is 0 Å². The lowest BCUT2D eigenvalue weighted by molar-refractivity contribution is 0.425. The number of hydrogen-bond acceptors (Lipinski definition) is 5. The highest BCUT2D eigenvalue weighted by atomic mass is 16.4. The first-order chi connectivity index (χ1) is 7.58. The molecule has 16 heavy (non-hydrogen) atoms. The third kappa shape index (κ3) is 1.40. The lowest BCUT2D eigenvalue weighted by Gasteiger charge is -1.98. The van der Waals surface area contributed by atoms with Crippen LogP contribution in [0.25, 0.3) is 5.78 Å². The highest BCUT2D eigenvalue weighted by Gasteiger charge is 2.43. The van der Waals surface area contributed by atoms with Crippen LogP contribution in [0, 0.1) is 0 Å². The van der Waals surface area contributed by atoms with Crippen LogP contribution >= 0.6 is 0 Å². The largest absolute Gasteiger partial charge is 0.491 e. The molecule has 1 aliphatic rings. The second kappa shape index (κ2) is 3.02. The van der Waals surface area contributed by atoms with Gasteiger partial charge in [0, 0.05) is 23.3 Å². The van der Waals surface area contributed by atoms with Crippen molar-refractivity contribution in [2.45, 2.75) is 25.2 Å². The molecule has 7 heteroatoms. The highest BCUT2D eigenvalue weighted by Crippen LogP contribution is 2.45. The van der Waals surface area contributed by atoms with Crippen LogP contribution in [-0.2, 0) is 5.41 Å². The van der Waals surface area contributed by atoms with E-state index in [2.05, 4.69) is 22.0 Å². The number of aromatic nitrogens is 4. The van der Waals surface area contributed by atoms with Crippen LogP contribution in [0.1, 0.15) is 25.6 Å². The Labute approximate surface area is 92.1 Å². The quantitative estimate of drug-likeness (QED) is 0.622. The van der Waals surface area contributed by atoms with E-state index in [0.29, 0.717) is 11.2 Å². The molecule has 2 heterocycles. The normalized spacial score (nSPS) is 17.7. The zero-order valence-electron chi connectivity index (χ0n) is 8.83. The van der Waals surface area contributed by atoms with Gasteiger partial charge in [0.2, 0.25) is 0 Å². The van der Waals surface area contributed by atoms with Gasteiger partial charge in [-0.05, 0) is 12.8 Å². The maximum Gasteiger partial charge on any atom is 0.491 e. The molecule has 0 radical (unpaired) electrons. The Kier molecular flexibility index (Phi) is 1.84. The molecular weight excluding hydrogens is 207 g/mol. The fraction of sp³-hybridized carbons (Fsp3) is 0.444. The lowest BCUT2D eigenvalue weighted by atomic mass is 9.83. The molecule has 2 aromatic heterocycles. The van der Waals surface area contributed by atoms with Crippen molar-refractivity contribution in [2.24, 2.45) is 0 Å². The predicted octanol–water partition coefficient (Wildman–Crippen LogP) is -1.14. The Bertz CT molecular complexity index is 549. The fourth-order valence-electron chi connectivity index (χ4n) is 1.60. The van der Waals surface area contributed by atoms with Gasteiger partial charge in [-0.15, -0.1) is 5.10 Å². The average Bonchev–Trinajstić information content (AvgIpc) is 2.86. The molecule has 3 rings (SSSR count). The van der Waals surface area contributed by atoms with Crippen LogP contribution in [0.4, 0.5) is 0 Å². The van der Waals surface area contributed by atoms with E-state index in [0.717, 1.165) is 18.7 Å². The summed E-state index contributed by atoms with van der Waals surface area (Å²) in [5, 5.41) is 22.3. The summed E-state index contributed by atoms with van der Waals surface area (Å²) in [6.45, 7) is 2.11. The van der Waals surface area contributed by atoms with Crippen molar-refractivity contribution < 1.29 is 10.0 Å². The van der Waals surface area contributed by atoms with Gasteiger partial charge in [0.25, 0.3) is 5.78 Å². The molecule has 0 aromatic carbocycles. The minimum absolute atomic E-state index is 0.0890. The SMILES string of the molecule is CC1(c2nc3ncc(B(O)O)cn3n2)CC1. The third-order valence-electron chi connectivity index (χ3n) is 3.05. The summed E-state index contributed by atoms with van der Waals surface area (Å²) in [5.74, 6) is 1.28. The molecule has 6 nitrogen and oxygen atoms in total. The first-order valence-electron chi connectivity index (χ1n) is 5.17. The van der Waals surface area contributed by atoms with Crippen molar-refractivity contribution in [1.29, 1.82) is 0 Å². The van der Waals surface area contributed by atoms with Crippen molar-refractivity contribution in [3.8, 4) is 0 Å². The molecule has 1 fully saturated rings. The molecule has 0 saturated heterocycles. The summed E-state index contributed by atoms with van der Waals surface area (Å²) in [4.78, 5) is 8.36. The van der Waals surface area contributed by atoms with Crippen LogP contribution in [-0.4, -0.2) is 36.7 Å². The summed E-state index contributed by atoms with van der Waals surface area (Å²) in [6, 6.07) is 0. The summed E-state index contributed by atoms with van der Waals surface area (Å²) in [5.41, 5.74) is 0.399. The van der Waals surface area contributed by atoms with Crippen LogP contribution in [0.3, 0.4) is 0 Å². The van der Waals surface area contributed by atoms with Crippen molar-refractivity contribution in [2.75, 3.05) is 0 Å². The number of rotatable bonds is 2. The second-order valence-corrected chi connectivity index (χ2v) is 4.50. The van der Waals surface area contributed by atoms with E-state index < -0.39 is 7.12 Å². The van der Waals surface area contributed by atoms with Gasteiger partial charge < -0.3 is 10.0 Å². The van der Waals surface area contributed by atoms with Gasteiger partial charge in [-0.1, -0.05) is 6.92 Å². The Hall–Kier alpha value is -1.47. The monoisotopic (exact) mass is 218 g/mol. The Balaban J connectivity index is 2.10. The van der Waals surface area contributed by atoms with Gasteiger partial charge >= 0.3 is 7.12 Å². The van der Waals surface area contributed by atoms with Crippen molar-refractivity contribution in [3.63, 3.8) is 0 Å². The Morgan fingerprint density at radius 2 is 2.19 bits per heavy atom. The maximum atomic E-state index is 9.02. The average molecular weight is 218 g/mol. The summed E-state index contributed by atoms with van der Waals surface area (Å²) < 4.78 is 1.49. The van der Waals surface area contributed by atoms with Gasteiger partial charge in [0.1, 0.15) is 0 Å². The van der Waals surface area contributed by atoms with Gasteiger partial charge in [-0.3, -0.25) is 0 Å². The van der Waals surface area contributed by atoms with Crippen molar-refractivity contribution >= 4 is 18.4 Å². The maximum absolute atomic E-state index is 9.02. The predicted molar refractivity (Wildman–Crippen MR) is 57.2 cm³/mol. The van der Waals surface area contributed by atoms with Crippen LogP contribution in [0.15, 0.2) is 12.4 Å². The number of hydrogen-bond donors (Lipinski definition) is 2. The molecule has 1 saturated carbocycles. The standard InChI is InChI=1S/C9H11BN4O2/c1-9(2-3-9)7-12-8-11-4-6(10(15)16)5-14(8)13-7/h4-5,15-16H,2-3H2,1H3. The lowest BCUT2D eigenvalue weighted by Crippen LogP contribution is -2.31. The van der Waals surface area contributed by atoms with Gasteiger partial charge in [-0.2, -0.15) is 4.98 Å². The molecule has 1 aliphatic carbocycles. The van der Waals surface area contributed by atoms with Crippen molar-refractivity contribution in [3.05, 3.63) is 18.2 Å². The Morgan fingerprint density at radius 1 is 1.44 bits per heavy atom. The van der Waals surface area contributed by atoms with Crippen LogP contribution in [0.5, 0.6) is 0 Å². The molecular formula is C9H11BN4O2. The highest BCUT2D eigenvalue weighted by molar-refractivity contribution is 6.58. The summed E-state index contributed by atoms with van der Waals surface area (Å²) >= 11 is 0. The zero-order chi connectivity index (χ0) is 11.3. The van der Waals surface area contributed by atoms with Gasteiger partial charge in [0.15, 0.2) is 5.82 Å². The van der Waals surface area contributed by atoms with E-state index in [9.17, 15) is 0 Å². The minimum Gasteiger partial charge on any atom is -0.423 e. The molecule has 0 bridgehead atoms. The van der Waals surface area contributed by atoms with E-state index in [4.69, 9.17) is 10.0 Å². The van der Waals surface area contributed by atoms with Gasteiger partial charge in [0.05, 0.1) is 0 Å². The minimum atomic E-state index is -1.53. The second-order valence-electron chi connectivity index (χ2n) is 4.50. The van der Waals surface area contributed by atoms with E-state index in [-0.39, 0.29) is 5.41 Å². The van der Waals surface area contributed by atoms with Crippen LogP contribution < -0.4 is 5.46 Å². The Morgan fingerprint density at radius 3 is 2.81 bits per heavy atom. The van der Waals surface area contributed by atoms with E-state index in [1.807, 2.05) is 0 Å². The summed E-state index contributed by atoms with van der Waals surface area (Å²) in [7, 11) is -1.53. The van der Waals surface area contributed by atoms with E-state index >= 15 is 0 Å². The fourth-order valence-corrected chi connectivity index (χ4v) is 1.60. The summed E-state index contributed by atoms with van der Waals surface area (Å²) in [6.07, 6.45) is 5.13. The zero-order valence-corrected chi connectivity index (χ0v) is 8.83. The van der Waals surface area contributed by atoms with Crippen molar-refractivity contribution in [1.82, 2.24) is 19.6 Å². The molecule has 82 valence electrons. The molecule has 0 amide bonds. The number of fused-ring (bicyclic) bond motifs is 1. The molecule has 0 spiro atoms. The van der Waals surface area contributed by atoms with E-state index in [1.165, 1.54) is 16.9 Å². The number of nitrogens with zero attached hydrogens (tertiary/aromatic N) is 4. The smallest absolute Gasteiger partial charge is 0.423 e. The molecule has 2 N–H and O–H groups in total. The molecule has 0 unspecified atom stereocenters. The molecule has 0 aliphatic heterocycles. The van der Waals surface area contributed by atoms with Gasteiger partial charge in [-0.25, -0.2) is 9.50 Å². The first-order valence-corrected chi connectivity index (χ1v) is 5.17. The molecule has 0 atom stereocenters. The third-order valence-corrected chi connectivity index (χ3v) is 3.05. The topological polar surface area (TPSA) is 83.5 Å². The first kappa shape index (κ1) is 9.74.